The standard InChI is InChI=1S/C23H29N3O4S.HI/c1-27-20-14-17(15-21(28-2)22(20)29-3)16-26-23(24-10-8-18-6-4-12-30-18)25-11-9-19-7-5-13-31-19;/h4-7,12-15H,8-11,16H2,1-3H3,(H2,24,25,26);1H. The molecule has 3 rings (SSSR count). The van der Waals surface area contributed by atoms with Crippen molar-refractivity contribution in [1.82, 2.24) is 10.6 Å². The van der Waals surface area contributed by atoms with Crippen molar-refractivity contribution in [3.8, 4) is 17.2 Å². The Morgan fingerprint density at radius 3 is 2.25 bits per heavy atom. The molecule has 0 unspecified atom stereocenters. The van der Waals surface area contributed by atoms with Gasteiger partial charge in [0.1, 0.15) is 5.76 Å². The van der Waals surface area contributed by atoms with Gasteiger partial charge in [0, 0.05) is 24.4 Å². The molecule has 0 fully saturated rings. The van der Waals surface area contributed by atoms with Gasteiger partial charge in [-0.1, -0.05) is 6.07 Å². The number of rotatable bonds is 11. The zero-order chi connectivity index (χ0) is 21.9. The van der Waals surface area contributed by atoms with Gasteiger partial charge in [-0.3, -0.25) is 0 Å². The van der Waals surface area contributed by atoms with Crippen LogP contribution >= 0.6 is 35.3 Å². The summed E-state index contributed by atoms with van der Waals surface area (Å²) >= 11 is 1.76. The van der Waals surface area contributed by atoms with E-state index in [4.69, 9.17) is 23.6 Å². The van der Waals surface area contributed by atoms with Crippen LogP contribution in [0.3, 0.4) is 0 Å². The van der Waals surface area contributed by atoms with Crippen LogP contribution in [0, 0.1) is 0 Å². The molecule has 1 aromatic carbocycles. The van der Waals surface area contributed by atoms with Gasteiger partial charge >= 0.3 is 0 Å². The molecule has 0 saturated heterocycles. The molecule has 0 atom stereocenters. The Balaban J connectivity index is 0.00000363. The second-order valence-corrected chi connectivity index (χ2v) is 7.74. The average Bonchev–Trinajstić information content (AvgIpc) is 3.50. The Kier molecular flexibility index (Phi) is 11.2. The van der Waals surface area contributed by atoms with Crippen molar-refractivity contribution in [2.45, 2.75) is 19.4 Å². The normalized spacial score (nSPS) is 10.9. The maximum atomic E-state index is 5.44. The van der Waals surface area contributed by atoms with E-state index >= 15 is 0 Å². The molecule has 174 valence electrons. The number of aliphatic imine (C=N–C) groups is 1. The first-order chi connectivity index (χ1) is 15.2. The minimum atomic E-state index is 0. The van der Waals surface area contributed by atoms with Gasteiger partial charge in [-0.05, 0) is 47.7 Å². The van der Waals surface area contributed by atoms with E-state index in [-0.39, 0.29) is 24.0 Å². The van der Waals surface area contributed by atoms with E-state index in [2.05, 4.69) is 28.1 Å². The van der Waals surface area contributed by atoms with Crippen LogP contribution in [-0.4, -0.2) is 40.4 Å². The average molecular weight is 571 g/mol. The number of guanidine groups is 1. The highest BCUT2D eigenvalue weighted by Crippen LogP contribution is 2.38. The van der Waals surface area contributed by atoms with E-state index in [1.54, 1.807) is 38.9 Å². The molecule has 0 spiro atoms. The second-order valence-electron chi connectivity index (χ2n) is 6.71. The van der Waals surface area contributed by atoms with E-state index < -0.39 is 0 Å². The van der Waals surface area contributed by atoms with Gasteiger partial charge in [0.05, 0.1) is 34.1 Å². The summed E-state index contributed by atoms with van der Waals surface area (Å²) < 4.78 is 21.7. The lowest BCUT2D eigenvalue weighted by atomic mass is 10.2. The van der Waals surface area contributed by atoms with Crippen molar-refractivity contribution in [3.63, 3.8) is 0 Å². The van der Waals surface area contributed by atoms with Gasteiger partial charge in [-0.15, -0.1) is 35.3 Å². The zero-order valence-corrected chi connectivity index (χ0v) is 21.7. The van der Waals surface area contributed by atoms with Crippen LogP contribution in [0.5, 0.6) is 17.2 Å². The van der Waals surface area contributed by atoms with Gasteiger partial charge in [-0.25, -0.2) is 4.99 Å². The number of benzene rings is 1. The molecule has 3 aromatic rings. The minimum absolute atomic E-state index is 0. The van der Waals surface area contributed by atoms with E-state index in [1.807, 2.05) is 24.3 Å². The molecule has 0 aliphatic carbocycles. The summed E-state index contributed by atoms with van der Waals surface area (Å²) in [4.78, 5) is 6.09. The Morgan fingerprint density at radius 1 is 0.969 bits per heavy atom. The fourth-order valence-electron chi connectivity index (χ4n) is 3.09. The summed E-state index contributed by atoms with van der Waals surface area (Å²) in [6.45, 7) is 1.97. The zero-order valence-electron chi connectivity index (χ0n) is 18.6. The number of methoxy groups -OCH3 is 3. The molecular formula is C23H30IN3O4S. The first-order valence-corrected chi connectivity index (χ1v) is 11.0. The first kappa shape index (κ1) is 25.9. The molecule has 2 N–H and O–H groups in total. The van der Waals surface area contributed by atoms with Gasteiger partial charge in [-0.2, -0.15) is 0 Å². The summed E-state index contributed by atoms with van der Waals surface area (Å²) in [5.74, 6) is 3.49. The van der Waals surface area contributed by atoms with Crippen LogP contribution < -0.4 is 24.8 Å². The summed E-state index contributed by atoms with van der Waals surface area (Å²) in [6.07, 6.45) is 3.41. The second kappa shape index (κ2) is 13.9. The molecule has 0 amide bonds. The summed E-state index contributed by atoms with van der Waals surface area (Å²) in [7, 11) is 4.81. The quantitative estimate of drug-likeness (QED) is 0.201. The topological polar surface area (TPSA) is 77.2 Å². The number of furan rings is 1. The smallest absolute Gasteiger partial charge is 0.203 e. The predicted octanol–water partition coefficient (Wildman–Crippen LogP) is 4.51. The van der Waals surface area contributed by atoms with Crippen LogP contribution in [0.1, 0.15) is 16.2 Å². The predicted molar refractivity (Wildman–Crippen MR) is 139 cm³/mol. The highest BCUT2D eigenvalue weighted by molar-refractivity contribution is 14.0. The Hall–Kier alpha value is -2.40. The molecule has 9 heteroatoms. The fourth-order valence-corrected chi connectivity index (χ4v) is 3.80. The van der Waals surface area contributed by atoms with E-state index in [0.29, 0.717) is 30.3 Å². The lowest BCUT2D eigenvalue weighted by Gasteiger charge is -2.15. The Bertz CT molecular complexity index is 879. The van der Waals surface area contributed by atoms with Gasteiger partial charge < -0.3 is 29.3 Å². The molecule has 0 radical (unpaired) electrons. The molecular weight excluding hydrogens is 541 g/mol. The third-order valence-electron chi connectivity index (χ3n) is 4.63. The largest absolute Gasteiger partial charge is 0.493 e. The van der Waals surface area contributed by atoms with Crippen LogP contribution in [0.15, 0.2) is 57.5 Å². The minimum Gasteiger partial charge on any atom is -0.493 e. The molecule has 0 aliphatic rings. The van der Waals surface area contributed by atoms with Crippen molar-refractivity contribution >= 4 is 41.3 Å². The van der Waals surface area contributed by atoms with Crippen LogP contribution in [0.4, 0.5) is 0 Å². The number of thiophene rings is 1. The highest BCUT2D eigenvalue weighted by Gasteiger charge is 2.13. The van der Waals surface area contributed by atoms with Crippen LogP contribution in [0.25, 0.3) is 0 Å². The lowest BCUT2D eigenvalue weighted by molar-refractivity contribution is 0.324. The molecule has 0 bridgehead atoms. The molecule has 7 nitrogen and oxygen atoms in total. The third-order valence-corrected chi connectivity index (χ3v) is 5.57. The third kappa shape index (κ3) is 7.63. The van der Waals surface area contributed by atoms with E-state index in [9.17, 15) is 0 Å². The summed E-state index contributed by atoms with van der Waals surface area (Å²) in [5.41, 5.74) is 0.958. The van der Waals surface area contributed by atoms with E-state index in [1.165, 1.54) is 4.88 Å². The molecule has 2 aromatic heterocycles. The molecule has 0 saturated carbocycles. The van der Waals surface area contributed by atoms with Crippen molar-refractivity contribution in [3.05, 3.63) is 64.2 Å². The van der Waals surface area contributed by atoms with E-state index in [0.717, 1.165) is 36.7 Å². The molecule has 2 heterocycles. The van der Waals surface area contributed by atoms with Gasteiger partial charge in [0.2, 0.25) is 5.75 Å². The summed E-state index contributed by atoms with van der Waals surface area (Å²) in [6, 6.07) is 11.9. The van der Waals surface area contributed by atoms with Gasteiger partial charge in [0.25, 0.3) is 0 Å². The number of hydrogen-bond donors (Lipinski definition) is 2. The summed E-state index contributed by atoms with van der Waals surface area (Å²) in [5, 5.41) is 8.89. The van der Waals surface area contributed by atoms with Crippen LogP contribution in [-0.2, 0) is 19.4 Å². The van der Waals surface area contributed by atoms with Crippen molar-refractivity contribution in [2.24, 2.45) is 4.99 Å². The lowest BCUT2D eigenvalue weighted by Crippen LogP contribution is -2.39. The maximum Gasteiger partial charge on any atom is 0.203 e. The Labute approximate surface area is 210 Å². The molecule has 32 heavy (non-hydrogen) atoms. The monoisotopic (exact) mass is 571 g/mol. The SMILES string of the molecule is COc1cc(CN=C(NCCc2ccco2)NCCc2cccs2)cc(OC)c1OC.I. The first-order valence-electron chi connectivity index (χ1n) is 10.1. The Morgan fingerprint density at radius 2 is 1.69 bits per heavy atom. The number of halogens is 1. The highest BCUT2D eigenvalue weighted by atomic mass is 127. The number of ether oxygens (including phenoxy) is 3. The van der Waals surface area contributed by atoms with Gasteiger partial charge in [0.15, 0.2) is 17.5 Å². The van der Waals surface area contributed by atoms with Crippen molar-refractivity contribution < 1.29 is 18.6 Å². The molecule has 0 aliphatic heterocycles. The number of nitrogens with one attached hydrogen (secondary N) is 2. The fraction of sp³-hybridized carbons (Fsp3) is 0.348. The van der Waals surface area contributed by atoms with Crippen molar-refractivity contribution in [1.29, 1.82) is 0 Å². The number of nitrogens with zero attached hydrogens (tertiary/aromatic N) is 1. The van der Waals surface area contributed by atoms with Crippen LogP contribution in [0.2, 0.25) is 0 Å². The maximum absolute atomic E-state index is 5.44. The number of hydrogen-bond acceptors (Lipinski definition) is 6. The van der Waals surface area contributed by atoms with Crippen molar-refractivity contribution in [2.75, 3.05) is 34.4 Å².